The Morgan fingerprint density at radius 3 is 2.47 bits per heavy atom. The van der Waals surface area contributed by atoms with E-state index in [1.165, 1.54) is 29.5 Å². The van der Waals surface area contributed by atoms with Gasteiger partial charge in [0.1, 0.15) is 0 Å². The zero-order valence-corrected chi connectivity index (χ0v) is 10.9. The molecule has 1 aliphatic rings. The van der Waals surface area contributed by atoms with Crippen LogP contribution in [0.25, 0.3) is 0 Å². The summed E-state index contributed by atoms with van der Waals surface area (Å²) in [5.74, 6) is 0.459. The molecule has 1 fully saturated rings. The van der Waals surface area contributed by atoms with Crippen LogP contribution >= 0.6 is 0 Å². The molecule has 2 heteroatoms. The third-order valence-corrected chi connectivity index (χ3v) is 3.64. The molecule has 0 bridgehead atoms. The molecule has 2 atom stereocenters. The summed E-state index contributed by atoms with van der Waals surface area (Å²) in [5, 5.41) is 13.2. The predicted octanol–water partition coefficient (Wildman–Crippen LogP) is 2.55. The summed E-state index contributed by atoms with van der Waals surface area (Å²) >= 11 is 0. The maximum absolute atomic E-state index is 9.73. The van der Waals surface area contributed by atoms with E-state index >= 15 is 0 Å². The van der Waals surface area contributed by atoms with Crippen LogP contribution in [-0.4, -0.2) is 17.8 Å². The van der Waals surface area contributed by atoms with Gasteiger partial charge in [0, 0.05) is 13.1 Å². The Kier molecular flexibility index (Phi) is 4.19. The second kappa shape index (κ2) is 5.65. The average molecular weight is 233 g/mol. The van der Waals surface area contributed by atoms with Crippen molar-refractivity contribution in [2.45, 2.75) is 45.8 Å². The molecule has 1 aromatic rings. The molecule has 94 valence electrons. The summed E-state index contributed by atoms with van der Waals surface area (Å²) in [5.41, 5.74) is 3.99. The lowest BCUT2D eigenvalue weighted by atomic mass is 10.1. The van der Waals surface area contributed by atoms with Crippen molar-refractivity contribution in [2.75, 3.05) is 6.54 Å². The molecule has 2 N–H and O–H groups in total. The van der Waals surface area contributed by atoms with Crippen molar-refractivity contribution < 1.29 is 5.11 Å². The van der Waals surface area contributed by atoms with Crippen LogP contribution in [0.5, 0.6) is 0 Å². The van der Waals surface area contributed by atoms with Crippen molar-refractivity contribution in [3.63, 3.8) is 0 Å². The van der Waals surface area contributed by atoms with Gasteiger partial charge in [0.05, 0.1) is 6.10 Å². The summed E-state index contributed by atoms with van der Waals surface area (Å²) in [6, 6.07) is 6.65. The summed E-state index contributed by atoms with van der Waals surface area (Å²) in [6.45, 7) is 6.12. The van der Waals surface area contributed by atoms with Crippen molar-refractivity contribution >= 4 is 0 Å². The first-order valence-corrected chi connectivity index (χ1v) is 6.61. The first kappa shape index (κ1) is 12.6. The highest BCUT2D eigenvalue weighted by Crippen LogP contribution is 2.24. The van der Waals surface area contributed by atoms with Gasteiger partial charge in [-0.15, -0.1) is 0 Å². The third kappa shape index (κ3) is 3.55. The van der Waals surface area contributed by atoms with Gasteiger partial charge in [0.15, 0.2) is 0 Å². The van der Waals surface area contributed by atoms with E-state index in [0.717, 1.165) is 19.5 Å². The van der Waals surface area contributed by atoms with Crippen molar-refractivity contribution in [2.24, 2.45) is 5.92 Å². The Labute approximate surface area is 104 Å². The van der Waals surface area contributed by atoms with Gasteiger partial charge in [-0.25, -0.2) is 0 Å². The maximum atomic E-state index is 9.73. The van der Waals surface area contributed by atoms with Crippen LogP contribution in [0.1, 0.15) is 36.0 Å². The van der Waals surface area contributed by atoms with Gasteiger partial charge in [-0.1, -0.05) is 35.7 Å². The highest BCUT2D eigenvalue weighted by Gasteiger charge is 2.24. The first-order chi connectivity index (χ1) is 8.15. The van der Waals surface area contributed by atoms with Crippen LogP contribution in [0.15, 0.2) is 18.2 Å². The first-order valence-electron chi connectivity index (χ1n) is 6.61. The van der Waals surface area contributed by atoms with E-state index in [9.17, 15) is 5.11 Å². The molecule has 0 amide bonds. The molecule has 0 saturated heterocycles. The number of hydrogen-bond donors (Lipinski definition) is 2. The topological polar surface area (TPSA) is 32.3 Å². The smallest absolute Gasteiger partial charge is 0.0580 e. The zero-order valence-electron chi connectivity index (χ0n) is 10.9. The summed E-state index contributed by atoms with van der Waals surface area (Å²) in [6.07, 6.45) is 3.25. The average Bonchev–Trinajstić information content (AvgIpc) is 2.63. The van der Waals surface area contributed by atoms with Gasteiger partial charge in [-0.3, -0.25) is 0 Å². The quantitative estimate of drug-likeness (QED) is 0.837. The Morgan fingerprint density at radius 2 is 1.88 bits per heavy atom. The number of nitrogens with one attached hydrogen (secondary N) is 1. The molecule has 0 aliphatic heterocycles. The normalized spacial score (nSPS) is 24.2. The van der Waals surface area contributed by atoms with E-state index < -0.39 is 0 Å². The summed E-state index contributed by atoms with van der Waals surface area (Å²) < 4.78 is 0. The van der Waals surface area contributed by atoms with Gasteiger partial charge in [-0.2, -0.15) is 0 Å². The van der Waals surface area contributed by atoms with Crippen LogP contribution in [0, 0.1) is 19.8 Å². The molecule has 1 aliphatic carbocycles. The molecule has 1 saturated carbocycles. The van der Waals surface area contributed by atoms with Gasteiger partial charge < -0.3 is 10.4 Å². The highest BCUT2D eigenvalue weighted by molar-refractivity contribution is 5.28. The molecule has 2 unspecified atom stereocenters. The molecule has 0 spiro atoms. The highest BCUT2D eigenvalue weighted by atomic mass is 16.3. The van der Waals surface area contributed by atoms with Gasteiger partial charge in [-0.05, 0) is 38.2 Å². The Morgan fingerprint density at radius 1 is 1.18 bits per heavy atom. The molecule has 17 heavy (non-hydrogen) atoms. The van der Waals surface area contributed by atoms with E-state index in [1.807, 2.05) is 0 Å². The van der Waals surface area contributed by atoms with Crippen LogP contribution in [0.3, 0.4) is 0 Å². The standard InChI is InChI=1S/C15H23NO/c1-11-6-12(2)8-13(7-11)9-16-10-14-4-3-5-15(14)17/h6-8,14-17H,3-5,9-10H2,1-2H3. The minimum atomic E-state index is -0.0817. The van der Waals surface area contributed by atoms with E-state index in [-0.39, 0.29) is 6.10 Å². The molecule has 1 aromatic carbocycles. The minimum absolute atomic E-state index is 0.0817. The number of benzene rings is 1. The number of hydrogen-bond acceptors (Lipinski definition) is 2. The monoisotopic (exact) mass is 233 g/mol. The maximum Gasteiger partial charge on any atom is 0.0580 e. The Bertz CT molecular complexity index is 355. The van der Waals surface area contributed by atoms with Crippen molar-refractivity contribution in [1.29, 1.82) is 0 Å². The predicted molar refractivity (Wildman–Crippen MR) is 71.0 cm³/mol. The van der Waals surface area contributed by atoms with Crippen LogP contribution in [0.4, 0.5) is 0 Å². The van der Waals surface area contributed by atoms with E-state index in [2.05, 4.69) is 37.4 Å². The van der Waals surface area contributed by atoms with Crippen LogP contribution in [0.2, 0.25) is 0 Å². The summed E-state index contributed by atoms with van der Waals surface area (Å²) in [7, 11) is 0. The molecular formula is C15H23NO. The van der Waals surface area contributed by atoms with Crippen molar-refractivity contribution in [1.82, 2.24) is 5.32 Å². The van der Waals surface area contributed by atoms with Gasteiger partial charge >= 0.3 is 0 Å². The number of rotatable bonds is 4. The Balaban J connectivity index is 1.81. The molecule has 2 rings (SSSR count). The molecule has 0 aromatic heterocycles. The Hall–Kier alpha value is -0.860. The lowest BCUT2D eigenvalue weighted by Crippen LogP contribution is -2.27. The SMILES string of the molecule is Cc1cc(C)cc(CNCC2CCCC2O)c1. The van der Waals surface area contributed by atoms with Crippen LogP contribution in [-0.2, 0) is 6.54 Å². The third-order valence-electron chi connectivity index (χ3n) is 3.64. The summed E-state index contributed by atoms with van der Waals surface area (Å²) in [4.78, 5) is 0. The number of aryl methyl sites for hydroxylation is 2. The van der Waals surface area contributed by atoms with E-state index in [0.29, 0.717) is 5.92 Å². The van der Waals surface area contributed by atoms with Gasteiger partial charge in [0.25, 0.3) is 0 Å². The van der Waals surface area contributed by atoms with Crippen molar-refractivity contribution in [3.8, 4) is 0 Å². The fraction of sp³-hybridized carbons (Fsp3) is 0.600. The molecule has 2 nitrogen and oxygen atoms in total. The van der Waals surface area contributed by atoms with E-state index in [1.54, 1.807) is 0 Å². The second-order valence-electron chi connectivity index (χ2n) is 5.39. The number of aliphatic hydroxyl groups excluding tert-OH is 1. The molecule has 0 radical (unpaired) electrons. The molecule has 0 heterocycles. The van der Waals surface area contributed by atoms with E-state index in [4.69, 9.17) is 0 Å². The van der Waals surface area contributed by atoms with Crippen molar-refractivity contribution in [3.05, 3.63) is 34.9 Å². The lowest BCUT2D eigenvalue weighted by Gasteiger charge is -2.15. The molecular weight excluding hydrogens is 210 g/mol. The fourth-order valence-electron chi connectivity index (χ4n) is 2.83. The lowest BCUT2D eigenvalue weighted by molar-refractivity contribution is 0.131. The minimum Gasteiger partial charge on any atom is -0.393 e. The van der Waals surface area contributed by atoms with Crippen LogP contribution < -0.4 is 5.32 Å². The van der Waals surface area contributed by atoms with Gasteiger partial charge in [0.2, 0.25) is 0 Å². The zero-order chi connectivity index (χ0) is 12.3. The fourth-order valence-corrected chi connectivity index (χ4v) is 2.83. The second-order valence-corrected chi connectivity index (χ2v) is 5.39. The number of aliphatic hydroxyl groups is 1. The largest absolute Gasteiger partial charge is 0.393 e.